The first-order chi connectivity index (χ1) is 5.08. The largest absolute Gasteiger partial charge is 0.382 e. The van der Waals surface area contributed by atoms with E-state index in [4.69, 9.17) is 0 Å². The summed E-state index contributed by atoms with van der Waals surface area (Å²) in [4.78, 5) is 0. The van der Waals surface area contributed by atoms with Crippen LogP contribution in [-0.4, -0.2) is 19.9 Å². The van der Waals surface area contributed by atoms with Gasteiger partial charge < -0.3 is 9.67 Å². The van der Waals surface area contributed by atoms with E-state index in [0.29, 0.717) is 12.2 Å². The predicted molar refractivity (Wildman–Crippen MR) is 40.9 cm³/mol. The van der Waals surface area contributed by atoms with Gasteiger partial charge in [0.1, 0.15) is 11.9 Å². The summed E-state index contributed by atoms with van der Waals surface area (Å²) in [6, 6.07) is 0. The van der Waals surface area contributed by atoms with Gasteiger partial charge in [0, 0.05) is 7.05 Å². The molecular formula is C7H13N3O. The normalized spacial score (nSPS) is 16.4. The number of rotatable bonds is 2. The summed E-state index contributed by atoms with van der Waals surface area (Å²) in [6.45, 7) is 3.64. The van der Waals surface area contributed by atoms with Crippen LogP contribution in [0.5, 0.6) is 0 Å². The summed E-state index contributed by atoms with van der Waals surface area (Å²) in [5.41, 5.74) is -0.856. The molecule has 0 aromatic carbocycles. The van der Waals surface area contributed by atoms with Crippen molar-refractivity contribution in [2.75, 3.05) is 0 Å². The molecule has 1 aromatic heterocycles. The van der Waals surface area contributed by atoms with Gasteiger partial charge in [-0.1, -0.05) is 6.92 Å². The summed E-state index contributed by atoms with van der Waals surface area (Å²) in [5.74, 6) is 0.611. The van der Waals surface area contributed by atoms with E-state index in [2.05, 4.69) is 10.2 Å². The van der Waals surface area contributed by atoms with Crippen molar-refractivity contribution in [2.24, 2.45) is 7.05 Å². The molecule has 0 saturated carbocycles. The van der Waals surface area contributed by atoms with Crippen LogP contribution < -0.4 is 0 Å². The quantitative estimate of drug-likeness (QED) is 0.674. The van der Waals surface area contributed by atoms with Crippen molar-refractivity contribution in [1.82, 2.24) is 14.8 Å². The van der Waals surface area contributed by atoms with Crippen molar-refractivity contribution in [3.05, 3.63) is 12.2 Å². The zero-order valence-corrected chi connectivity index (χ0v) is 7.07. The molecule has 0 aliphatic heterocycles. The molecule has 0 bridgehead atoms. The van der Waals surface area contributed by atoms with Gasteiger partial charge in [-0.3, -0.25) is 0 Å². The Morgan fingerprint density at radius 3 is 2.73 bits per heavy atom. The van der Waals surface area contributed by atoms with Crippen LogP contribution in [0.1, 0.15) is 26.1 Å². The van der Waals surface area contributed by atoms with Crippen LogP contribution in [0, 0.1) is 0 Å². The molecule has 1 atom stereocenters. The van der Waals surface area contributed by atoms with Crippen molar-refractivity contribution < 1.29 is 5.11 Å². The molecule has 4 heteroatoms. The van der Waals surface area contributed by atoms with Gasteiger partial charge in [-0.25, -0.2) is 0 Å². The molecule has 4 nitrogen and oxygen atoms in total. The Morgan fingerprint density at radius 1 is 1.73 bits per heavy atom. The number of aryl methyl sites for hydroxylation is 1. The SMILES string of the molecule is CCC(C)(O)c1nncn1C. The predicted octanol–water partition coefficient (Wildman–Crippen LogP) is 0.433. The molecule has 0 amide bonds. The molecule has 0 saturated heterocycles. The van der Waals surface area contributed by atoms with Gasteiger partial charge >= 0.3 is 0 Å². The van der Waals surface area contributed by atoms with Crippen LogP contribution in [0.25, 0.3) is 0 Å². The minimum Gasteiger partial charge on any atom is -0.382 e. The Labute approximate surface area is 65.9 Å². The van der Waals surface area contributed by atoms with Crippen LogP contribution >= 0.6 is 0 Å². The van der Waals surface area contributed by atoms with E-state index in [1.807, 2.05) is 14.0 Å². The highest BCUT2D eigenvalue weighted by atomic mass is 16.3. The Morgan fingerprint density at radius 2 is 2.36 bits per heavy atom. The first kappa shape index (κ1) is 8.20. The number of hydrogen-bond donors (Lipinski definition) is 1. The molecule has 0 radical (unpaired) electrons. The second-order valence-electron chi connectivity index (χ2n) is 2.89. The third-order valence-electron chi connectivity index (χ3n) is 1.88. The maximum atomic E-state index is 9.74. The van der Waals surface area contributed by atoms with E-state index in [0.717, 1.165) is 0 Å². The second-order valence-corrected chi connectivity index (χ2v) is 2.89. The molecule has 1 N–H and O–H groups in total. The van der Waals surface area contributed by atoms with Crippen molar-refractivity contribution in [3.8, 4) is 0 Å². The maximum Gasteiger partial charge on any atom is 0.164 e. The minimum absolute atomic E-state index is 0.611. The molecule has 1 aromatic rings. The van der Waals surface area contributed by atoms with Gasteiger partial charge in [0.15, 0.2) is 5.82 Å². The van der Waals surface area contributed by atoms with E-state index < -0.39 is 5.60 Å². The smallest absolute Gasteiger partial charge is 0.164 e. The minimum atomic E-state index is -0.856. The zero-order chi connectivity index (χ0) is 8.48. The fraction of sp³-hybridized carbons (Fsp3) is 0.714. The lowest BCUT2D eigenvalue weighted by Crippen LogP contribution is -2.24. The number of nitrogens with zero attached hydrogens (tertiary/aromatic N) is 3. The fourth-order valence-corrected chi connectivity index (χ4v) is 0.929. The van der Waals surface area contributed by atoms with Crippen LogP contribution in [0.3, 0.4) is 0 Å². The molecule has 0 spiro atoms. The Hall–Kier alpha value is -0.900. The van der Waals surface area contributed by atoms with E-state index in [1.165, 1.54) is 0 Å². The van der Waals surface area contributed by atoms with Crippen molar-refractivity contribution in [1.29, 1.82) is 0 Å². The summed E-state index contributed by atoms with van der Waals surface area (Å²) >= 11 is 0. The van der Waals surface area contributed by atoms with Gasteiger partial charge in [-0.2, -0.15) is 0 Å². The van der Waals surface area contributed by atoms with Crippen LogP contribution in [0.2, 0.25) is 0 Å². The van der Waals surface area contributed by atoms with Gasteiger partial charge in [0.2, 0.25) is 0 Å². The first-order valence-electron chi connectivity index (χ1n) is 3.65. The zero-order valence-electron chi connectivity index (χ0n) is 7.07. The van der Waals surface area contributed by atoms with E-state index in [9.17, 15) is 5.11 Å². The average Bonchev–Trinajstić information content (AvgIpc) is 2.36. The Kier molecular flexibility index (Phi) is 1.95. The van der Waals surface area contributed by atoms with Crippen molar-refractivity contribution >= 4 is 0 Å². The summed E-state index contributed by atoms with van der Waals surface area (Å²) in [5, 5.41) is 17.3. The Bertz CT molecular complexity index is 242. The Balaban J connectivity index is 3.00. The summed E-state index contributed by atoms with van der Waals surface area (Å²) in [7, 11) is 1.82. The fourth-order valence-electron chi connectivity index (χ4n) is 0.929. The van der Waals surface area contributed by atoms with Crippen molar-refractivity contribution in [3.63, 3.8) is 0 Å². The second kappa shape index (κ2) is 2.62. The van der Waals surface area contributed by atoms with Crippen LogP contribution in [0.15, 0.2) is 6.33 Å². The molecular weight excluding hydrogens is 142 g/mol. The molecule has 0 aliphatic carbocycles. The van der Waals surface area contributed by atoms with Crippen LogP contribution in [-0.2, 0) is 12.6 Å². The number of hydrogen-bond acceptors (Lipinski definition) is 3. The molecule has 0 fully saturated rings. The molecule has 1 unspecified atom stereocenters. The lowest BCUT2D eigenvalue weighted by molar-refractivity contribution is 0.0405. The van der Waals surface area contributed by atoms with E-state index in [1.54, 1.807) is 17.8 Å². The number of aromatic nitrogens is 3. The van der Waals surface area contributed by atoms with E-state index in [-0.39, 0.29) is 0 Å². The third-order valence-corrected chi connectivity index (χ3v) is 1.88. The van der Waals surface area contributed by atoms with Gasteiger partial charge in [0.25, 0.3) is 0 Å². The first-order valence-corrected chi connectivity index (χ1v) is 3.65. The highest BCUT2D eigenvalue weighted by Crippen LogP contribution is 2.20. The molecule has 0 aliphatic rings. The van der Waals surface area contributed by atoms with Crippen LogP contribution in [0.4, 0.5) is 0 Å². The monoisotopic (exact) mass is 155 g/mol. The highest BCUT2D eigenvalue weighted by Gasteiger charge is 2.25. The lowest BCUT2D eigenvalue weighted by Gasteiger charge is -2.19. The molecule has 1 heterocycles. The standard InChI is InChI=1S/C7H13N3O/c1-4-7(2,11)6-9-8-5-10(6)3/h5,11H,4H2,1-3H3. The maximum absolute atomic E-state index is 9.74. The average molecular weight is 155 g/mol. The summed E-state index contributed by atoms with van der Waals surface area (Å²) in [6.07, 6.45) is 2.22. The lowest BCUT2D eigenvalue weighted by atomic mass is 10.0. The highest BCUT2D eigenvalue weighted by molar-refractivity contribution is 4.97. The summed E-state index contributed by atoms with van der Waals surface area (Å²) < 4.78 is 1.73. The number of aliphatic hydroxyl groups is 1. The van der Waals surface area contributed by atoms with Gasteiger partial charge in [-0.15, -0.1) is 10.2 Å². The molecule has 62 valence electrons. The molecule has 1 rings (SSSR count). The van der Waals surface area contributed by atoms with Crippen molar-refractivity contribution in [2.45, 2.75) is 25.9 Å². The van der Waals surface area contributed by atoms with Gasteiger partial charge in [-0.05, 0) is 13.3 Å². The topological polar surface area (TPSA) is 50.9 Å². The third kappa shape index (κ3) is 1.40. The molecule has 11 heavy (non-hydrogen) atoms. The van der Waals surface area contributed by atoms with E-state index >= 15 is 0 Å². The van der Waals surface area contributed by atoms with Gasteiger partial charge in [0.05, 0.1) is 0 Å².